The zero-order valence-electron chi connectivity index (χ0n) is 13.9. The largest absolute Gasteiger partial charge is 0.306 e. The number of amides is 1. The molecule has 26 heavy (non-hydrogen) atoms. The van der Waals surface area contributed by atoms with Crippen molar-refractivity contribution in [2.75, 3.05) is 5.32 Å². The number of nitrogens with zero attached hydrogens (tertiary/aromatic N) is 2. The summed E-state index contributed by atoms with van der Waals surface area (Å²) in [6.45, 7) is 1.92. The molecule has 0 fully saturated rings. The van der Waals surface area contributed by atoms with Gasteiger partial charge in [0.15, 0.2) is 0 Å². The van der Waals surface area contributed by atoms with Gasteiger partial charge in [-0.1, -0.05) is 47.5 Å². The summed E-state index contributed by atoms with van der Waals surface area (Å²) in [5.41, 5.74) is 4.21. The number of aromatic nitrogens is 2. The number of anilines is 1. The highest BCUT2D eigenvalue weighted by Crippen LogP contribution is 2.38. The number of halogens is 2. The number of nitrogens with one attached hydrogen (secondary N) is 1. The van der Waals surface area contributed by atoms with Crippen molar-refractivity contribution in [1.82, 2.24) is 9.78 Å². The van der Waals surface area contributed by atoms with E-state index >= 15 is 0 Å². The van der Waals surface area contributed by atoms with Crippen molar-refractivity contribution >= 4 is 46.7 Å². The van der Waals surface area contributed by atoms with Gasteiger partial charge in [-0.3, -0.25) is 4.79 Å². The van der Waals surface area contributed by atoms with Crippen molar-refractivity contribution in [2.45, 2.75) is 18.4 Å². The van der Waals surface area contributed by atoms with Crippen LogP contribution in [0.1, 0.15) is 27.2 Å². The number of rotatable bonds is 3. The van der Waals surface area contributed by atoms with Gasteiger partial charge in [-0.05, 0) is 30.7 Å². The Morgan fingerprint density at radius 2 is 1.96 bits per heavy atom. The number of hydrogen-bond donors (Lipinski definition) is 1. The van der Waals surface area contributed by atoms with Crippen LogP contribution in [0.15, 0.2) is 42.5 Å². The topological polar surface area (TPSA) is 46.9 Å². The number of aryl methyl sites for hydroxylation is 1. The predicted molar refractivity (Wildman–Crippen MR) is 108 cm³/mol. The Kier molecular flexibility index (Phi) is 4.69. The molecule has 0 spiro atoms. The van der Waals surface area contributed by atoms with Gasteiger partial charge in [-0.15, -0.1) is 0 Å². The molecule has 2 heterocycles. The molecule has 0 saturated heterocycles. The van der Waals surface area contributed by atoms with Gasteiger partial charge in [-0.2, -0.15) is 16.9 Å². The molecule has 0 aliphatic carbocycles. The van der Waals surface area contributed by atoms with Crippen LogP contribution >= 0.6 is 35.0 Å². The van der Waals surface area contributed by atoms with E-state index in [9.17, 15) is 4.79 Å². The summed E-state index contributed by atoms with van der Waals surface area (Å²) in [6, 6.07) is 12.9. The first-order chi connectivity index (χ1) is 12.6. The maximum absolute atomic E-state index is 12.9. The zero-order chi connectivity index (χ0) is 18.3. The molecule has 0 atom stereocenters. The van der Waals surface area contributed by atoms with Crippen molar-refractivity contribution in [2.24, 2.45) is 0 Å². The van der Waals surface area contributed by atoms with Gasteiger partial charge < -0.3 is 5.32 Å². The molecule has 1 N–H and O–H groups in total. The lowest BCUT2D eigenvalue weighted by atomic mass is 10.1. The maximum atomic E-state index is 12.9. The van der Waals surface area contributed by atoms with Gasteiger partial charge in [0.05, 0.1) is 21.4 Å². The second-order valence-corrected chi connectivity index (χ2v) is 7.79. The normalized spacial score (nSPS) is 12.9. The second-order valence-electron chi connectivity index (χ2n) is 6.02. The second kappa shape index (κ2) is 6.99. The van der Waals surface area contributed by atoms with Crippen LogP contribution in [-0.4, -0.2) is 15.7 Å². The molecule has 1 aliphatic heterocycles. The van der Waals surface area contributed by atoms with E-state index < -0.39 is 0 Å². The Bertz CT molecular complexity index is 1020. The van der Waals surface area contributed by atoms with Crippen LogP contribution < -0.4 is 5.32 Å². The van der Waals surface area contributed by atoms with Crippen LogP contribution in [0.3, 0.4) is 0 Å². The molecular weight excluding hydrogens is 389 g/mol. The average Bonchev–Trinajstić information content (AvgIpc) is 3.20. The summed E-state index contributed by atoms with van der Waals surface area (Å²) in [7, 11) is 0. The Labute approximate surface area is 165 Å². The maximum Gasteiger partial charge on any atom is 0.257 e. The number of hydrogen-bond acceptors (Lipinski definition) is 3. The number of benzene rings is 2. The monoisotopic (exact) mass is 403 g/mol. The van der Waals surface area contributed by atoms with Gasteiger partial charge in [0.2, 0.25) is 0 Å². The first-order valence-corrected chi connectivity index (χ1v) is 9.97. The number of carbonyl (C=O) groups is 1. The lowest BCUT2D eigenvalue weighted by molar-refractivity contribution is 0.102. The highest BCUT2D eigenvalue weighted by atomic mass is 35.5. The minimum Gasteiger partial charge on any atom is -0.306 e. The molecule has 1 aromatic heterocycles. The predicted octanol–water partition coefficient (Wildman–Crippen LogP) is 5.49. The van der Waals surface area contributed by atoms with Crippen LogP contribution in [0.25, 0.3) is 5.69 Å². The molecule has 0 bridgehead atoms. The lowest BCUT2D eigenvalue weighted by Gasteiger charge is -2.13. The summed E-state index contributed by atoms with van der Waals surface area (Å²) < 4.78 is 1.69. The Balaban J connectivity index is 1.80. The van der Waals surface area contributed by atoms with E-state index in [0.29, 0.717) is 27.1 Å². The Morgan fingerprint density at radius 1 is 1.15 bits per heavy atom. The molecular formula is C19H15Cl2N3OS. The van der Waals surface area contributed by atoms with Crippen LogP contribution in [0, 0.1) is 6.92 Å². The van der Waals surface area contributed by atoms with Crippen LogP contribution in [-0.2, 0) is 11.5 Å². The van der Waals surface area contributed by atoms with E-state index in [-0.39, 0.29) is 5.91 Å². The molecule has 1 aliphatic rings. The summed E-state index contributed by atoms with van der Waals surface area (Å²) in [5.74, 6) is 2.11. The molecule has 132 valence electrons. The minimum atomic E-state index is -0.165. The molecule has 4 rings (SSSR count). The molecule has 1 amide bonds. The minimum absolute atomic E-state index is 0.165. The summed E-state index contributed by atoms with van der Waals surface area (Å²) in [5, 5.41) is 8.57. The lowest BCUT2D eigenvalue weighted by Crippen LogP contribution is -2.17. The Hall–Kier alpha value is -1.95. The van der Waals surface area contributed by atoms with E-state index in [0.717, 1.165) is 28.3 Å². The van der Waals surface area contributed by atoms with E-state index in [1.165, 1.54) is 0 Å². The number of fused-ring (bicyclic) bond motifs is 1. The number of carbonyl (C=O) groups excluding carboxylic acids is 1. The first kappa shape index (κ1) is 17.5. The quantitative estimate of drug-likeness (QED) is 0.628. The fraction of sp³-hybridized carbons (Fsp3) is 0.158. The third-order valence-electron chi connectivity index (χ3n) is 4.33. The highest BCUT2D eigenvalue weighted by Gasteiger charge is 2.26. The molecule has 3 aromatic rings. The highest BCUT2D eigenvalue weighted by molar-refractivity contribution is 7.98. The fourth-order valence-electron chi connectivity index (χ4n) is 2.97. The third kappa shape index (κ3) is 3.00. The summed E-state index contributed by atoms with van der Waals surface area (Å²) in [4.78, 5) is 12.9. The van der Waals surface area contributed by atoms with Gasteiger partial charge >= 0.3 is 0 Å². The fourth-order valence-corrected chi connectivity index (χ4v) is 4.38. The van der Waals surface area contributed by atoms with Crippen LogP contribution in [0.5, 0.6) is 0 Å². The van der Waals surface area contributed by atoms with Crippen molar-refractivity contribution < 1.29 is 4.79 Å². The van der Waals surface area contributed by atoms with Crippen molar-refractivity contribution in [3.8, 4) is 5.69 Å². The van der Waals surface area contributed by atoms with Gasteiger partial charge in [-0.25, -0.2) is 4.68 Å². The van der Waals surface area contributed by atoms with Crippen molar-refractivity contribution in [3.05, 3.63) is 74.9 Å². The van der Waals surface area contributed by atoms with Crippen molar-refractivity contribution in [3.63, 3.8) is 0 Å². The third-order valence-corrected chi connectivity index (χ3v) is 6.11. The van der Waals surface area contributed by atoms with Gasteiger partial charge in [0.1, 0.15) is 5.82 Å². The van der Waals surface area contributed by atoms with E-state index in [1.807, 2.05) is 43.3 Å². The van der Waals surface area contributed by atoms with Gasteiger partial charge in [0, 0.05) is 22.6 Å². The summed E-state index contributed by atoms with van der Waals surface area (Å²) >= 11 is 14.3. The molecule has 0 saturated carbocycles. The Morgan fingerprint density at radius 3 is 2.77 bits per heavy atom. The molecule has 2 aromatic carbocycles. The smallest absolute Gasteiger partial charge is 0.257 e. The summed E-state index contributed by atoms with van der Waals surface area (Å²) in [6.07, 6.45) is 0. The number of thioether (sulfide) groups is 1. The average molecular weight is 404 g/mol. The van der Waals surface area contributed by atoms with Crippen LogP contribution in [0.4, 0.5) is 5.82 Å². The molecule has 0 unspecified atom stereocenters. The first-order valence-electron chi connectivity index (χ1n) is 8.06. The van der Waals surface area contributed by atoms with Crippen LogP contribution in [0.2, 0.25) is 10.0 Å². The van der Waals surface area contributed by atoms with E-state index in [1.54, 1.807) is 22.5 Å². The SMILES string of the molecule is Cc1ccccc1C(=O)Nc1c2c(nn1-c1cccc(Cl)c1Cl)CSC2. The molecule has 4 nitrogen and oxygen atoms in total. The van der Waals surface area contributed by atoms with Crippen molar-refractivity contribution in [1.29, 1.82) is 0 Å². The van der Waals surface area contributed by atoms with E-state index in [4.69, 9.17) is 23.2 Å². The zero-order valence-corrected chi connectivity index (χ0v) is 16.3. The molecule has 0 radical (unpaired) electrons. The van der Waals surface area contributed by atoms with E-state index in [2.05, 4.69) is 10.4 Å². The van der Waals surface area contributed by atoms with Gasteiger partial charge in [0.25, 0.3) is 5.91 Å². The standard InChI is InChI=1S/C19H15Cl2N3OS/c1-11-5-2-3-6-12(11)19(25)22-18-13-9-26-10-15(13)23-24(18)16-8-4-7-14(20)17(16)21/h2-8H,9-10H2,1H3,(H,22,25). The molecule has 7 heteroatoms.